The molecule has 122 valence electrons. The molecule has 0 fully saturated rings. The van der Waals surface area contributed by atoms with Gasteiger partial charge in [-0.15, -0.1) is 0 Å². The fourth-order valence-corrected chi connectivity index (χ4v) is 2.15. The van der Waals surface area contributed by atoms with Crippen LogP contribution in [0.15, 0.2) is 58.3 Å². The molecule has 0 atom stereocenters. The maximum atomic E-state index is 12.4. The van der Waals surface area contributed by atoms with E-state index < -0.39 is 0 Å². The Kier molecular flexibility index (Phi) is 4.42. The van der Waals surface area contributed by atoms with Gasteiger partial charge in [0.25, 0.3) is 5.91 Å². The fraction of sp³-hybridized carbons (Fsp3) is 0.118. The molecule has 7 nitrogen and oxygen atoms in total. The number of rotatable bonds is 5. The maximum absolute atomic E-state index is 12.4. The summed E-state index contributed by atoms with van der Waals surface area (Å²) in [6.45, 7) is 0.290. The Morgan fingerprint density at radius 3 is 2.88 bits per heavy atom. The first kappa shape index (κ1) is 15.5. The van der Waals surface area contributed by atoms with Crippen molar-refractivity contribution in [1.82, 2.24) is 15.1 Å². The third-order valence-electron chi connectivity index (χ3n) is 3.38. The van der Waals surface area contributed by atoms with Crippen LogP contribution in [0.3, 0.4) is 0 Å². The number of amides is 1. The van der Waals surface area contributed by atoms with Crippen molar-refractivity contribution in [3.8, 4) is 5.75 Å². The summed E-state index contributed by atoms with van der Waals surface area (Å²) in [5.41, 5.74) is 1.62. The monoisotopic (exact) mass is 324 g/mol. The predicted molar refractivity (Wildman–Crippen MR) is 88.4 cm³/mol. The number of benzene rings is 1. The van der Waals surface area contributed by atoms with E-state index in [1.165, 1.54) is 10.9 Å². The number of nitrogens with zero attached hydrogens (tertiary/aromatic N) is 3. The van der Waals surface area contributed by atoms with E-state index in [4.69, 9.17) is 4.42 Å². The van der Waals surface area contributed by atoms with Crippen LogP contribution < -0.4 is 5.32 Å². The van der Waals surface area contributed by atoms with Crippen molar-refractivity contribution < 1.29 is 14.3 Å². The van der Waals surface area contributed by atoms with Gasteiger partial charge in [0.2, 0.25) is 0 Å². The summed E-state index contributed by atoms with van der Waals surface area (Å²) in [5, 5.41) is 16.1. The van der Waals surface area contributed by atoms with Crippen molar-refractivity contribution in [3.05, 3.63) is 65.9 Å². The van der Waals surface area contributed by atoms with Gasteiger partial charge in [0.1, 0.15) is 17.2 Å². The Balaban J connectivity index is 1.75. The number of aromatic nitrogens is 2. The number of nitrogens with one attached hydrogen (secondary N) is 1. The molecule has 0 aliphatic rings. The number of hydrogen-bond donors (Lipinski definition) is 2. The van der Waals surface area contributed by atoms with Gasteiger partial charge in [-0.25, -0.2) is 0 Å². The van der Waals surface area contributed by atoms with E-state index in [1.807, 2.05) is 0 Å². The van der Waals surface area contributed by atoms with Crippen LogP contribution in [0.1, 0.15) is 21.8 Å². The Morgan fingerprint density at radius 1 is 1.38 bits per heavy atom. The lowest BCUT2D eigenvalue weighted by molar-refractivity contribution is 0.0939. The van der Waals surface area contributed by atoms with Gasteiger partial charge >= 0.3 is 0 Å². The number of phenolic OH excluding ortho intramolecular Hbond substituents is 1. The highest BCUT2D eigenvalue weighted by Crippen LogP contribution is 2.18. The predicted octanol–water partition coefficient (Wildman–Crippen LogP) is 2.40. The molecule has 3 aromatic rings. The summed E-state index contributed by atoms with van der Waals surface area (Å²) in [4.78, 5) is 16.7. The van der Waals surface area contributed by atoms with Crippen LogP contribution in [0.5, 0.6) is 5.75 Å². The Bertz CT molecular complexity index is 849. The Labute approximate surface area is 138 Å². The van der Waals surface area contributed by atoms with E-state index in [-0.39, 0.29) is 18.2 Å². The molecular formula is C17H16N4O3. The lowest BCUT2D eigenvalue weighted by atomic mass is 10.2. The number of phenols is 1. The van der Waals surface area contributed by atoms with Gasteiger partial charge in [-0.05, 0) is 42.0 Å². The number of aliphatic imine (C=N–C) groups is 1. The van der Waals surface area contributed by atoms with Crippen molar-refractivity contribution in [2.45, 2.75) is 6.54 Å². The van der Waals surface area contributed by atoms with E-state index in [9.17, 15) is 9.90 Å². The van der Waals surface area contributed by atoms with Gasteiger partial charge in [0.15, 0.2) is 5.69 Å². The Hall–Kier alpha value is -3.35. The molecule has 0 spiro atoms. The van der Waals surface area contributed by atoms with Gasteiger partial charge in [0.05, 0.1) is 19.0 Å². The molecule has 1 amide bonds. The number of carbonyl (C=O) groups excluding carboxylic acids is 1. The summed E-state index contributed by atoms with van der Waals surface area (Å²) < 4.78 is 6.66. The summed E-state index contributed by atoms with van der Waals surface area (Å²) >= 11 is 0. The van der Waals surface area contributed by atoms with Gasteiger partial charge < -0.3 is 14.8 Å². The molecule has 2 heterocycles. The zero-order valence-electron chi connectivity index (χ0n) is 13.0. The van der Waals surface area contributed by atoms with Gasteiger partial charge in [0, 0.05) is 13.3 Å². The van der Waals surface area contributed by atoms with E-state index in [1.54, 1.807) is 55.9 Å². The van der Waals surface area contributed by atoms with E-state index >= 15 is 0 Å². The zero-order chi connectivity index (χ0) is 16.9. The second-order valence-electron chi connectivity index (χ2n) is 5.11. The van der Waals surface area contributed by atoms with Crippen molar-refractivity contribution in [3.63, 3.8) is 0 Å². The zero-order valence-corrected chi connectivity index (χ0v) is 13.0. The van der Waals surface area contributed by atoms with Crippen molar-refractivity contribution in [2.75, 3.05) is 0 Å². The van der Waals surface area contributed by atoms with Crippen LogP contribution in [-0.2, 0) is 13.6 Å². The molecule has 0 bridgehead atoms. The summed E-state index contributed by atoms with van der Waals surface area (Å²) in [5.74, 6) is 0.565. The maximum Gasteiger partial charge on any atom is 0.272 e. The molecule has 3 rings (SSSR count). The number of aryl methyl sites for hydroxylation is 1. The molecular weight excluding hydrogens is 308 g/mol. The average molecular weight is 324 g/mol. The molecule has 1 aromatic carbocycles. The molecule has 0 saturated carbocycles. The van der Waals surface area contributed by atoms with E-state index in [0.717, 1.165) is 5.56 Å². The smallest absolute Gasteiger partial charge is 0.272 e. The summed E-state index contributed by atoms with van der Waals surface area (Å²) in [6.07, 6.45) is 4.69. The van der Waals surface area contributed by atoms with Crippen LogP contribution in [0, 0.1) is 0 Å². The van der Waals surface area contributed by atoms with Crippen LogP contribution in [-0.4, -0.2) is 27.0 Å². The number of furan rings is 1. The Morgan fingerprint density at radius 2 is 2.17 bits per heavy atom. The molecule has 2 aromatic heterocycles. The van der Waals surface area contributed by atoms with Crippen LogP contribution in [0.2, 0.25) is 0 Å². The standard InChI is InChI=1S/C17H16N4O3/c1-21-16(17(23)19-10-14-3-2-8-24-14)15(11-20-21)18-9-12-4-6-13(22)7-5-12/h2-9,11,22H,10H2,1H3,(H,19,23). The lowest BCUT2D eigenvalue weighted by Crippen LogP contribution is -2.25. The SMILES string of the molecule is Cn1ncc(N=Cc2ccc(O)cc2)c1C(=O)NCc1ccco1. The minimum Gasteiger partial charge on any atom is -0.508 e. The van der Waals surface area contributed by atoms with Crippen LogP contribution in [0.4, 0.5) is 5.69 Å². The van der Waals surface area contributed by atoms with Gasteiger partial charge in [-0.2, -0.15) is 5.10 Å². The van der Waals surface area contributed by atoms with E-state index in [2.05, 4.69) is 15.4 Å². The highest BCUT2D eigenvalue weighted by Gasteiger charge is 2.16. The molecule has 0 saturated heterocycles. The topological polar surface area (TPSA) is 92.6 Å². The largest absolute Gasteiger partial charge is 0.508 e. The summed E-state index contributed by atoms with van der Waals surface area (Å²) in [7, 11) is 1.68. The highest BCUT2D eigenvalue weighted by atomic mass is 16.3. The fourth-order valence-electron chi connectivity index (χ4n) is 2.15. The second-order valence-corrected chi connectivity index (χ2v) is 5.11. The second kappa shape index (κ2) is 6.82. The van der Waals surface area contributed by atoms with Crippen LogP contribution in [0.25, 0.3) is 0 Å². The molecule has 0 radical (unpaired) electrons. The van der Waals surface area contributed by atoms with Gasteiger partial charge in [-0.1, -0.05) is 0 Å². The highest BCUT2D eigenvalue weighted by molar-refractivity contribution is 5.98. The number of hydrogen-bond acceptors (Lipinski definition) is 5. The lowest BCUT2D eigenvalue weighted by Gasteiger charge is -2.04. The molecule has 0 unspecified atom stereocenters. The van der Waals surface area contributed by atoms with Crippen LogP contribution >= 0.6 is 0 Å². The van der Waals surface area contributed by atoms with Crippen molar-refractivity contribution in [1.29, 1.82) is 0 Å². The normalized spacial score (nSPS) is 11.0. The average Bonchev–Trinajstić information content (AvgIpc) is 3.22. The quantitative estimate of drug-likeness (QED) is 0.705. The molecule has 7 heteroatoms. The molecule has 0 aliphatic heterocycles. The molecule has 0 aliphatic carbocycles. The van der Waals surface area contributed by atoms with E-state index in [0.29, 0.717) is 17.1 Å². The molecule has 24 heavy (non-hydrogen) atoms. The third-order valence-corrected chi connectivity index (χ3v) is 3.38. The summed E-state index contributed by atoms with van der Waals surface area (Å²) in [6, 6.07) is 10.1. The minimum atomic E-state index is -0.288. The first-order valence-corrected chi connectivity index (χ1v) is 7.29. The number of carbonyl (C=O) groups is 1. The molecule has 2 N–H and O–H groups in total. The van der Waals surface area contributed by atoms with Crippen molar-refractivity contribution in [2.24, 2.45) is 12.0 Å². The van der Waals surface area contributed by atoms with Gasteiger partial charge in [-0.3, -0.25) is 14.5 Å². The third kappa shape index (κ3) is 3.52. The first-order valence-electron chi connectivity index (χ1n) is 7.29. The first-order chi connectivity index (χ1) is 11.6. The number of aromatic hydroxyl groups is 1. The van der Waals surface area contributed by atoms with Crippen molar-refractivity contribution >= 4 is 17.8 Å². The minimum absolute atomic E-state index is 0.187.